The van der Waals surface area contributed by atoms with Crippen LogP contribution in [0.1, 0.15) is 24.2 Å². The van der Waals surface area contributed by atoms with E-state index in [1.165, 1.54) is 0 Å². The lowest BCUT2D eigenvalue weighted by molar-refractivity contribution is 0.102. The molecule has 0 aliphatic rings. The van der Waals surface area contributed by atoms with Crippen LogP contribution in [0.2, 0.25) is 0 Å². The first kappa shape index (κ1) is 19.7. The van der Waals surface area contributed by atoms with Crippen LogP contribution >= 0.6 is 0 Å². The first-order valence-corrected chi connectivity index (χ1v) is 10.8. The number of nitrogens with one attached hydrogen (secondary N) is 2. The molecule has 30 heavy (non-hydrogen) atoms. The normalized spacial score (nSPS) is 11.7. The number of anilines is 1. The molecule has 3 heterocycles. The Bertz CT molecular complexity index is 1310. The van der Waals surface area contributed by atoms with Crippen molar-refractivity contribution < 1.29 is 13.2 Å². The van der Waals surface area contributed by atoms with Gasteiger partial charge in [0.25, 0.3) is 5.91 Å². The van der Waals surface area contributed by atoms with E-state index in [0.29, 0.717) is 33.7 Å². The van der Waals surface area contributed by atoms with Crippen LogP contribution in [0.3, 0.4) is 0 Å². The van der Waals surface area contributed by atoms with Gasteiger partial charge < -0.3 is 10.3 Å². The van der Waals surface area contributed by atoms with Crippen LogP contribution in [-0.2, 0) is 9.84 Å². The van der Waals surface area contributed by atoms with E-state index >= 15 is 0 Å². The number of carbonyl (C=O) groups is 1. The first-order valence-electron chi connectivity index (χ1n) is 9.26. The number of aromatic amines is 1. The number of rotatable bonds is 5. The zero-order valence-corrected chi connectivity index (χ0v) is 17.1. The van der Waals surface area contributed by atoms with E-state index < -0.39 is 15.1 Å². The number of hydrogen-bond acceptors (Lipinski definition) is 6. The summed E-state index contributed by atoms with van der Waals surface area (Å²) < 4.78 is 24.6. The summed E-state index contributed by atoms with van der Waals surface area (Å²) in [6.45, 7) is 3.29. The minimum absolute atomic E-state index is 0.259. The quantitative estimate of drug-likeness (QED) is 0.510. The molecule has 0 unspecified atom stereocenters. The van der Waals surface area contributed by atoms with Crippen LogP contribution in [0.5, 0.6) is 0 Å². The van der Waals surface area contributed by atoms with Crippen molar-refractivity contribution in [1.29, 1.82) is 0 Å². The smallest absolute Gasteiger partial charge is 0.259 e. The lowest BCUT2D eigenvalue weighted by atomic mass is 10.1. The number of benzene rings is 1. The molecular formula is C21H19N5O3S. The molecule has 0 saturated carbocycles. The Balaban J connectivity index is 1.67. The second-order valence-corrected chi connectivity index (χ2v) is 9.47. The fourth-order valence-corrected chi connectivity index (χ4v) is 3.98. The van der Waals surface area contributed by atoms with Gasteiger partial charge in [0.2, 0.25) is 0 Å². The molecular weight excluding hydrogens is 402 g/mol. The van der Waals surface area contributed by atoms with Crippen LogP contribution in [0.4, 0.5) is 5.69 Å². The van der Waals surface area contributed by atoms with E-state index in [-0.39, 0.29) is 10.8 Å². The molecule has 0 fully saturated rings. The van der Waals surface area contributed by atoms with Gasteiger partial charge in [0.15, 0.2) is 15.5 Å². The van der Waals surface area contributed by atoms with Crippen LogP contribution < -0.4 is 5.32 Å². The van der Waals surface area contributed by atoms with Crippen LogP contribution in [-0.4, -0.2) is 39.5 Å². The van der Waals surface area contributed by atoms with Crippen molar-refractivity contribution in [2.45, 2.75) is 24.0 Å². The third kappa shape index (κ3) is 3.67. The summed E-state index contributed by atoms with van der Waals surface area (Å²) in [5.74, 6) is -0.322. The number of fused-ring (bicyclic) bond motifs is 1. The molecule has 1 aromatic carbocycles. The summed E-state index contributed by atoms with van der Waals surface area (Å²) in [4.78, 5) is 28.7. The molecule has 0 bridgehead atoms. The zero-order chi connectivity index (χ0) is 21.3. The van der Waals surface area contributed by atoms with E-state index in [2.05, 4.69) is 25.3 Å². The first-order chi connectivity index (χ1) is 14.4. The molecule has 0 aliphatic carbocycles. The van der Waals surface area contributed by atoms with Crippen molar-refractivity contribution in [3.8, 4) is 11.3 Å². The molecule has 3 aromatic heterocycles. The third-order valence-corrected chi connectivity index (χ3v) is 6.83. The summed E-state index contributed by atoms with van der Waals surface area (Å²) in [6, 6.07) is 9.88. The summed E-state index contributed by atoms with van der Waals surface area (Å²) in [6.07, 6.45) is 6.32. The Morgan fingerprint density at radius 2 is 1.77 bits per heavy atom. The number of carbonyl (C=O) groups excluding carboxylic acids is 1. The highest BCUT2D eigenvalue weighted by Crippen LogP contribution is 2.24. The molecule has 0 atom stereocenters. The molecule has 1 amide bonds. The Morgan fingerprint density at radius 1 is 1.07 bits per heavy atom. The maximum Gasteiger partial charge on any atom is 0.259 e. The van der Waals surface area contributed by atoms with Gasteiger partial charge in [-0.1, -0.05) is 12.1 Å². The maximum absolute atomic E-state index is 12.7. The zero-order valence-electron chi connectivity index (χ0n) is 16.3. The van der Waals surface area contributed by atoms with Crippen LogP contribution in [0, 0.1) is 0 Å². The van der Waals surface area contributed by atoms with Gasteiger partial charge in [0.05, 0.1) is 27.6 Å². The number of nitrogens with zero attached hydrogens (tertiary/aromatic N) is 3. The van der Waals surface area contributed by atoms with Gasteiger partial charge in [-0.05, 0) is 38.1 Å². The monoisotopic (exact) mass is 421 g/mol. The van der Waals surface area contributed by atoms with Gasteiger partial charge in [-0.25, -0.2) is 18.4 Å². The molecule has 152 valence electrons. The fraction of sp³-hybridized carbons (Fsp3) is 0.143. The van der Waals surface area contributed by atoms with E-state index in [1.807, 2.05) is 0 Å². The van der Waals surface area contributed by atoms with Gasteiger partial charge >= 0.3 is 0 Å². The molecule has 0 saturated heterocycles. The average Bonchev–Trinajstić information content (AvgIpc) is 3.18. The Hall–Kier alpha value is -3.59. The Kier molecular flexibility index (Phi) is 5.04. The van der Waals surface area contributed by atoms with E-state index in [1.54, 1.807) is 75.0 Å². The summed E-state index contributed by atoms with van der Waals surface area (Å²) >= 11 is 0. The fourth-order valence-electron chi connectivity index (χ4n) is 2.92. The molecule has 4 aromatic rings. The van der Waals surface area contributed by atoms with Crippen molar-refractivity contribution >= 4 is 32.6 Å². The summed E-state index contributed by atoms with van der Waals surface area (Å²) in [7, 11) is -3.35. The highest BCUT2D eigenvalue weighted by molar-refractivity contribution is 7.92. The van der Waals surface area contributed by atoms with Crippen molar-refractivity contribution in [3.63, 3.8) is 0 Å². The number of hydrogen-bond donors (Lipinski definition) is 2. The summed E-state index contributed by atoms with van der Waals surface area (Å²) in [5, 5.41) is 2.30. The molecule has 9 heteroatoms. The topological polar surface area (TPSA) is 118 Å². The molecule has 4 rings (SSSR count). The molecule has 8 nitrogen and oxygen atoms in total. The molecule has 0 spiro atoms. The van der Waals surface area contributed by atoms with Gasteiger partial charge in [-0.15, -0.1) is 0 Å². The number of pyridine rings is 1. The predicted molar refractivity (Wildman–Crippen MR) is 114 cm³/mol. The largest absolute Gasteiger partial charge is 0.344 e. The van der Waals surface area contributed by atoms with E-state index in [4.69, 9.17) is 0 Å². The number of aromatic nitrogens is 4. The van der Waals surface area contributed by atoms with E-state index in [9.17, 15) is 13.2 Å². The lowest BCUT2D eigenvalue weighted by Gasteiger charge is -2.08. The average molecular weight is 421 g/mol. The van der Waals surface area contributed by atoms with Crippen molar-refractivity contribution in [3.05, 3.63) is 66.7 Å². The molecule has 0 radical (unpaired) electrons. The minimum Gasteiger partial charge on any atom is -0.344 e. The minimum atomic E-state index is -3.35. The number of amides is 1. The predicted octanol–water partition coefficient (Wildman–Crippen LogP) is 3.45. The number of H-pyrrole nitrogens is 1. The lowest BCUT2D eigenvalue weighted by Crippen LogP contribution is -2.13. The Morgan fingerprint density at radius 3 is 2.43 bits per heavy atom. The second-order valence-electron chi connectivity index (χ2n) is 6.96. The van der Waals surface area contributed by atoms with Gasteiger partial charge in [0.1, 0.15) is 5.52 Å². The number of sulfone groups is 1. The van der Waals surface area contributed by atoms with Crippen molar-refractivity contribution in [1.82, 2.24) is 19.9 Å². The maximum atomic E-state index is 12.7. The highest BCUT2D eigenvalue weighted by atomic mass is 32.2. The highest BCUT2D eigenvalue weighted by Gasteiger charge is 2.19. The SMILES string of the molecule is CC(C)S(=O)(=O)c1ccc(-c2cnc3[nH]cc(C(=O)Nc4ccncc4)c3n2)cc1. The second kappa shape index (κ2) is 7.68. The van der Waals surface area contributed by atoms with E-state index in [0.717, 1.165) is 0 Å². The van der Waals surface area contributed by atoms with Crippen molar-refractivity contribution in [2.24, 2.45) is 0 Å². The molecule has 0 aliphatic heterocycles. The third-order valence-electron chi connectivity index (χ3n) is 4.66. The van der Waals surface area contributed by atoms with Crippen LogP contribution in [0.25, 0.3) is 22.4 Å². The van der Waals surface area contributed by atoms with Gasteiger partial charge in [0, 0.05) is 29.8 Å². The summed E-state index contributed by atoms with van der Waals surface area (Å²) in [5.41, 5.74) is 3.13. The van der Waals surface area contributed by atoms with Crippen LogP contribution in [0.15, 0.2) is 66.1 Å². The standard InChI is InChI=1S/C21H19N5O3S/c1-13(2)30(28,29)16-5-3-14(4-6-16)18-12-24-20-19(26-18)17(11-23-20)21(27)25-15-7-9-22-10-8-15/h3-13H,1-2H3,(H,23,24)(H,22,25,27). The Labute approximate surface area is 173 Å². The van der Waals surface area contributed by atoms with Gasteiger partial charge in [-0.2, -0.15) is 0 Å². The van der Waals surface area contributed by atoms with Gasteiger partial charge in [-0.3, -0.25) is 9.78 Å². The van der Waals surface area contributed by atoms with Crippen molar-refractivity contribution in [2.75, 3.05) is 5.32 Å². The molecule has 2 N–H and O–H groups in total.